The second-order valence-corrected chi connectivity index (χ2v) is 4.62. The van der Waals surface area contributed by atoms with Crippen molar-refractivity contribution >= 4 is 24.0 Å². The Hall–Kier alpha value is 0.610. The number of halogens is 1. The summed E-state index contributed by atoms with van der Waals surface area (Å²) in [6, 6.07) is 0.455. The van der Waals surface area contributed by atoms with Crippen LogP contribution in [0.15, 0.2) is 0 Å². The molecule has 1 aliphatic rings. The third-order valence-corrected chi connectivity index (χ3v) is 3.20. The first-order chi connectivity index (χ1) is 7.24. The summed E-state index contributed by atoms with van der Waals surface area (Å²) < 4.78 is 5.46. The predicted octanol–water partition coefficient (Wildman–Crippen LogP) is 2.17. The first kappa shape index (κ1) is 16.6. The molecule has 1 saturated heterocycles. The van der Waals surface area contributed by atoms with Crippen molar-refractivity contribution in [1.29, 1.82) is 0 Å². The van der Waals surface area contributed by atoms with E-state index in [0.717, 1.165) is 26.1 Å². The normalized spacial score (nSPS) is 24.6. The molecular formula is C12H26INO2. The summed E-state index contributed by atoms with van der Waals surface area (Å²) in [6.07, 6.45) is 4.17. The summed E-state index contributed by atoms with van der Waals surface area (Å²) in [5.74, 6) is 0.618. The number of hydrogen-bond donors (Lipinski definition) is 2. The van der Waals surface area contributed by atoms with Gasteiger partial charge in [0.15, 0.2) is 0 Å². The summed E-state index contributed by atoms with van der Waals surface area (Å²) in [5.41, 5.74) is 0. The summed E-state index contributed by atoms with van der Waals surface area (Å²) in [7, 11) is 0. The molecule has 0 spiro atoms. The third-order valence-electron chi connectivity index (χ3n) is 3.20. The van der Waals surface area contributed by atoms with Gasteiger partial charge in [-0.3, -0.25) is 0 Å². The maximum atomic E-state index is 9.60. The van der Waals surface area contributed by atoms with Crippen LogP contribution in [0.5, 0.6) is 0 Å². The van der Waals surface area contributed by atoms with E-state index in [-0.39, 0.29) is 30.1 Å². The Balaban J connectivity index is 0.00000225. The smallest absolute Gasteiger partial charge is 0.0664 e. The Morgan fingerprint density at radius 2 is 2.25 bits per heavy atom. The number of hydrogen-bond acceptors (Lipinski definition) is 3. The molecule has 0 saturated carbocycles. The highest BCUT2D eigenvalue weighted by atomic mass is 127. The van der Waals surface area contributed by atoms with Crippen molar-refractivity contribution in [1.82, 2.24) is 5.32 Å². The van der Waals surface area contributed by atoms with Crippen LogP contribution in [-0.4, -0.2) is 37.0 Å². The number of aliphatic hydroxyl groups is 1. The molecule has 0 radical (unpaired) electrons. The van der Waals surface area contributed by atoms with Gasteiger partial charge in [0.25, 0.3) is 0 Å². The molecule has 4 heteroatoms. The molecule has 0 bridgehead atoms. The molecule has 1 aliphatic heterocycles. The summed E-state index contributed by atoms with van der Waals surface area (Å²) in [6.45, 7) is 6.80. The highest BCUT2D eigenvalue weighted by Gasteiger charge is 2.20. The van der Waals surface area contributed by atoms with Crippen LogP contribution in [-0.2, 0) is 4.74 Å². The van der Waals surface area contributed by atoms with E-state index in [1.165, 1.54) is 12.8 Å². The highest BCUT2D eigenvalue weighted by molar-refractivity contribution is 14.0. The Morgan fingerprint density at radius 1 is 1.50 bits per heavy atom. The van der Waals surface area contributed by atoms with Crippen molar-refractivity contribution in [3.63, 3.8) is 0 Å². The Morgan fingerprint density at radius 3 is 2.81 bits per heavy atom. The molecule has 98 valence electrons. The van der Waals surface area contributed by atoms with Gasteiger partial charge in [-0.05, 0) is 32.1 Å². The fourth-order valence-corrected chi connectivity index (χ4v) is 2.08. The quantitative estimate of drug-likeness (QED) is 0.727. The monoisotopic (exact) mass is 343 g/mol. The van der Waals surface area contributed by atoms with Crippen LogP contribution in [0.4, 0.5) is 0 Å². The van der Waals surface area contributed by atoms with Crippen LogP contribution in [0.25, 0.3) is 0 Å². The standard InChI is InChI=1S/C12H25NO2.HI/c1-3-5-12(14)8-13-10(2)11-6-4-7-15-9-11;/h10-14H,3-9H2,1-2H3;1H. The van der Waals surface area contributed by atoms with Crippen LogP contribution >= 0.6 is 24.0 Å². The summed E-state index contributed by atoms with van der Waals surface area (Å²) in [5, 5.41) is 13.0. The fraction of sp³-hybridized carbons (Fsp3) is 1.00. The van der Waals surface area contributed by atoms with Crippen molar-refractivity contribution < 1.29 is 9.84 Å². The molecule has 1 rings (SSSR count). The first-order valence-electron chi connectivity index (χ1n) is 6.23. The topological polar surface area (TPSA) is 41.5 Å². The average molecular weight is 343 g/mol. The maximum absolute atomic E-state index is 9.60. The van der Waals surface area contributed by atoms with Crippen LogP contribution in [0.1, 0.15) is 39.5 Å². The third kappa shape index (κ3) is 6.37. The van der Waals surface area contributed by atoms with Crippen molar-refractivity contribution in [2.24, 2.45) is 5.92 Å². The van der Waals surface area contributed by atoms with Gasteiger partial charge in [-0.25, -0.2) is 0 Å². The van der Waals surface area contributed by atoms with Crippen LogP contribution in [0.2, 0.25) is 0 Å². The molecule has 0 aromatic heterocycles. The minimum atomic E-state index is -0.193. The highest BCUT2D eigenvalue weighted by Crippen LogP contribution is 2.17. The second kappa shape index (κ2) is 9.62. The van der Waals surface area contributed by atoms with E-state index in [1.54, 1.807) is 0 Å². The molecular weight excluding hydrogens is 317 g/mol. The van der Waals surface area contributed by atoms with Gasteiger partial charge < -0.3 is 15.2 Å². The zero-order valence-corrected chi connectivity index (χ0v) is 12.8. The lowest BCUT2D eigenvalue weighted by atomic mass is 9.95. The van der Waals surface area contributed by atoms with Crippen molar-refractivity contribution in [3.05, 3.63) is 0 Å². The predicted molar refractivity (Wildman–Crippen MR) is 77.3 cm³/mol. The van der Waals surface area contributed by atoms with Crippen molar-refractivity contribution in [3.8, 4) is 0 Å². The van der Waals surface area contributed by atoms with Gasteiger partial charge in [0, 0.05) is 19.2 Å². The number of rotatable bonds is 6. The van der Waals surface area contributed by atoms with Gasteiger partial charge in [0.05, 0.1) is 12.7 Å². The first-order valence-corrected chi connectivity index (χ1v) is 6.23. The van der Waals surface area contributed by atoms with Gasteiger partial charge in [0.1, 0.15) is 0 Å². The SMILES string of the molecule is CCCC(O)CNC(C)C1CCCOC1.I. The van der Waals surface area contributed by atoms with Gasteiger partial charge in [-0.2, -0.15) is 0 Å². The Bertz CT molecular complexity index is 163. The van der Waals surface area contributed by atoms with E-state index in [2.05, 4.69) is 19.2 Å². The minimum absolute atomic E-state index is 0. The molecule has 16 heavy (non-hydrogen) atoms. The van der Waals surface area contributed by atoms with Crippen LogP contribution < -0.4 is 5.32 Å². The second-order valence-electron chi connectivity index (χ2n) is 4.62. The Kier molecular flexibility index (Phi) is 9.99. The zero-order valence-electron chi connectivity index (χ0n) is 10.4. The molecule has 2 N–H and O–H groups in total. The Labute approximate surface area is 116 Å². The molecule has 3 nitrogen and oxygen atoms in total. The zero-order chi connectivity index (χ0) is 11.1. The van der Waals surface area contributed by atoms with Gasteiger partial charge in [-0.1, -0.05) is 13.3 Å². The van der Waals surface area contributed by atoms with Gasteiger partial charge in [-0.15, -0.1) is 24.0 Å². The summed E-state index contributed by atoms with van der Waals surface area (Å²) >= 11 is 0. The van der Waals surface area contributed by atoms with E-state index in [0.29, 0.717) is 18.5 Å². The number of aliphatic hydroxyl groups excluding tert-OH is 1. The molecule has 1 heterocycles. The lowest BCUT2D eigenvalue weighted by Gasteiger charge is -2.29. The largest absolute Gasteiger partial charge is 0.392 e. The molecule has 0 aromatic rings. The molecule has 0 amide bonds. The van der Waals surface area contributed by atoms with Crippen LogP contribution in [0, 0.1) is 5.92 Å². The number of nitrogens with one attached hydrogen (secondary N) is 1. The van der Waals surface area contributed by atoms with Gasteiger partial charge in [0.2, 0.25) is 0 Å². The number of ether oxygens (including phenoxy) is 1. The fourth-order valence-electron chi connectivity index (χ4n) is 2.08. The average Bonchev–Trinajstić information content (AvgIpc) is 2.27. The molecule has 0 aromatic carbocycles. The molecule has 1 fully saturated rings. The summed E-state index contributed by atoms with van der Waals surface area (Å²) in [4.78, 5) is 0. The van der Waals surface area contributed by atoms with Crippen molar-refractivity contribution in [2.75, 3.05) is 19.8 Å². The maximum Gasteiger partial charge on any atom is 0.0664 e. The van der Waals surface area contributed by atoms with Crippen molar-refractivity contribution in [2.45, 2.75) is 51.7 Å². The van der Waals surface area contributed by atoms with E-state index in [9.17, 15) is 5.11 Å². The molecule has 3 atom stereocenters. The molecule has 0 aliphatic carbocycles. The van der Waals surface area contributed by atoms with E-state index in [4.69, 9.17) is 4.74 Å². The van der Waals surface area contributed by atoms with E-state index >= 15 is 0 Å². The molecule has 3 unspecified atom stereocenters. The van der Waals surface area contributed by atoms with E-state index < -0.39 is 0 Å². The lowest BCUT2D eigenvalue weighted by molar-refractivity contribution is 0.0393. The van der Waals surface area contributed by atoms with Crippen LogP contribution in [0.3, 0.4) is 0 Å². The van der Waals surface area contributed by atoms with Gasteiger partial charge >= 0.3 is 0 Å². The van der Waals surface area contributed by atoms with E-state index in [1.807, 2.05) is 0 Å². The lowest BCUT2D eigenvalue weighted by Crippen LogP contribution is -2.41. The minimum Gasteiger partial charge on any atom is -0.392 e.